The SMILES string of the molecule is C=C(C(=O)C1C2C3CCC(C3)C12)C(C)C. The average molecular weight is 204 g/mol. The number of hydrogen-bond donors (Lipinski definition) is 0. The highest BCUT2D eigenvalue weighted by atomic mass is 16.1. The molecule has 0 spiro atoms. The molecule has 0 aromatic carbocycles. The molecular weight excluding hydrogens is 184 g/mol. The molecule has 0 heterocycles. The number of ketones is 1. The summed E-state index contributed by atoms with van der Waals surface area (Å²) in [4.78, 5) is 12.2. The Bertz CT molecular complexity index is 312. The molecule has 3 saturated carbocycles. The lowest BCUT2D eigenvalue weighted by Gasteiger charge is -2.11. The molecular formula is C14H20O. The van der Waals surface area contributed by atoms with E-state index in [0.29, 0.717) is 17.6 Å². The van der Waals surface area contributed by atoms with Crippen LogP contribution >= 0.6 is 0 Å². The molecule has 1 heteroatoms. The summed E-state index contributed by atoms with van der Waals surface area (Å²) in [7, 11) is 0. The third kappa shape index (κ3) is 1.18. The van der Waals surface area contributed by atoms with Crippen LogP contribution in [-0.4, -0.2) is 5.78 Å². The van der Waals surface area contributed by atoms with E-state index in [1.165, 1.54) is 19.3 Å². The standard InChI is InChI=1S/C14H20O/c1-7(2)8(3)14(15)13-11-9-4-5-10(6-9)12(11)13/h7,9-13H,3-6H2,1-2H3. The lowest BCUT2D eigenvalue weighted by molar-refractivity contribution is -0.118. The van der Waals surface area contributed by atoms with E-state index in [1.807, 2.05) is 0 Å². The van der Waals surface area contributed by atoms with Gasteiger partial charge in [-0.3, -0.25) is 4.79 Å². The fourth-order valence-corrected chi connectivity index (χ4v) is 4.17. The first-order valence-corrected chi connectivity index (χ1v) is 6.34. The van der Waals surface area contributed by atoms with Gasteiger partial charge in [0.25, 0.3) is 0 Å². The smallest absolute Gasteiger partial charge is 0.162 e. The van der Waals surface area contributed by atoms with Crippen LogP contribution in [0, 0.1) is 35.5 Å². The number of allylic oxidation sites excluding steroid dienone is 1. The Labute approximate surface area is 91.9 Å². The molecule has 0 aromatic rings. The van der Waals surface area contributed by atoms with Crippen LogP contribution < -0.4 is 0 Å². The summed E-state index contributed by atoms with van der Waals surface area (Å²) in [5.41, 5.74) is 0.869. The Morgan fingerprint density at radius 3 is 2.20 bits per heavy atom. The molecule has 0 radical (unpaired) electrons. The highest BCUT2D eigenvalue weighted by molar-refractivity contribution is 5.99. The molecule has 3 rings (SSSR count). The summed E-state index contributed by atoms with van der Waals surface area (Å²) in [6.07, 6.45) is 4.21. The number of carbonyl (C=O) groups excluding carboxylic acids is 1. The van der Waals surface area contributed by atoms with Gasteiger partial charge in [-0.15, -0.1) is 0 Å². The maximum atomic E-state index is 12.2. The predicted octanol–water partition coefficient (Wildman–Crippen LogP) is 3.06. The van der Waals surface area contributed by atoms with Gasteiger partial charge in [0, 0.05) is 5.92 Å². The van der Waals surface area contributed by atoms with Crippen molar-refractivity contribution in [3.8, 4) is 0 Å². The fourth-order valence-electron chi connectivity index (χ4n) is 4.17. The Morgan fingerprint density at radius 1 is 1.20 bits per heavy atom. The summed E-state index contributed by atoms with van der Waals surface area (Å²) in [5, 5.41) is 0. The van der Waals surface area contributed by atoms with Crippen molar-refractivity contribution < 1.29 is 4.79 Å². The zero-order chi connectivity index (χ0) is 10.7. The van der Waals surface area contributed by atoms with Gasteiger partial charge in [0.1, 0.15) is 0 Å². The van der Waals surface area contributed by atoms with E-state index in [4.69, 9.17) is 0 Å². The van der Waals surface area contributed by atoms with E-state index in [2.05, 4.69) is 20.4 Å². The van der Waals surface area contributed by atoms with Gasteiger partial charge in [0.15, 0.2) is 5.78 Å². The van der Waals surface area contributed by atoms with Gasteiger partial charge in [0.05, 0.1) is 0 Å². The van der Waals surface area contributed by atoms with E-state index >= 15 is 0 Å². The van der Waals surface area contributed by atoms with Crippen LogP contribution in [0.25, 0.3) is 0 Å². The van der Waals surface area contributed by atoms with Crippen LogP contribution in [0.3, 0.4) is 0 Å². The van der Waals surface area contributed by atoms with Crippen LogP contribution in [0.2, 0.25) is 0 Å². The van der Waals surface area contributed by atoms with E-state index in [9.17, 15) is 4.79 Å². The second-order valence-electron chi connectivity index (χ2n) is 6.06. The van der Waals surface area contributed by atoms with Crippen molar-refractivity contribution >= 4 is 5.78 Å². The van der Waals surface area contributed by atoms with Crippen molar-refractivity contribution in [3.63, 3.8) is 0 Å². The fraction of sp³-hybridized carbons (Fsp3) is 0.786. The Kier molecular flexibility index (Phi) is 1.90. The molecule has 0 amide bonds. The van der Waals surface area contributed by atoms with E-state index < -0.39 is 0 Å². The minimum atomic E-state index is 0.330. The first-order chi connectivity index (χ1) is 7.11. The number of Topliss-reactive ketones (excluding diaryl/α,β-unsaturated/α-hetero) is 1. The molecule has 15 heavy (non-hydrogen) atoms. The van der Waals surface area contributed by atoms with Crippen molar-refractivity contribution in [3.05, 3.63) is 12.2 Å². The van der Waals surface area contributed by atoms with Crippen LogP contribution in [0.5, 0.6) is 0 Å². The van der Waals surface area contributed by atoms with Crippen LogP contribution in [0.15, 0.2) is 12.2 Å². The van der Waals surface area contributed by atoms with Crippen LogP contribution in [0.4, 0.5) is 0 Å². The first-order valence-electron chi connectivity index (χ1n) is 6.34. The van der Waals surface area contributed by atoms with Gasteiger partial charge in [-0.2, -0.15) is 0 Å². The third-order valence-corrected chi connectivity index (χ3v) is 5.05. The van der Waals surface area contributed by atoms with Gasteiger partial charge in [-0.05, 0) is 54.4 Å². The van der Waals surface area contributed by atoms with Crippen molar-refractivity contribution in [1.82, 2.24) is 0 Å². The highest BCUT2D eigenvalue weighted by Crippen LogP contribution is 2.69. The zero-order valence-electron chi connectivity index (χ0n) is 9.70. The Hall–Kier alpha value is -0.590. The highest BCUT2D eigenvalue weighted by Gasteiger charge is 2.67. The number of hydrogen-bond acceptors (Lipinski definition) is 1. The van der Waals surface area contributed by atoms with E-state index in [0.717, 1.165) is 29.2 Å². The van der Waals surface area contributed by atoms with E-state index in [1.54, 1.807) is 0 Å². The molecule has 82 valence electrons. The first kappa shape index (κ1) is 9.62. The molecule has 4 unspecified atom stereocenters. The Balaban J connectivity index is 1.72. The molecule has 3 aliphatic carbocycles. The summed E-state index contributed by atoms with van der Waals surface area (Å²) in [6.45, 7) is 8.12. The maximum Gasteiger partial charge on any atom is 0.162 e. The van der Waals surface area contributed by atoms with E-state index in [-0.39, 0.29) is 0 Å². The summed E-state index contributed by atoms with van der Waals surface area (Å²) < 4.78 is 0. The molecule has 3 fully saturated rings. The topological polar surface area (TPSA) is 17.1 Å². The summed E-state index contributed by atoms with van der Waals surface area (Å²) in [5.74, 6) is 4.46. The van der Waals surface area contributed by atoms with Crippen molar-refractivity contribution in [2.45, 2.75) is 33.1 Å². The van der Waals surface area contributed by atoms with Gasteiger partial charge < -0.3 is 0 Å². The quantitative estimate of drug-likeness (QED) is 0.646. The van der Waals surface area contributed by atoms with Gasteiger partial charge >= 0.3 is 0 Å². The summed E-state index contributed by atoms with van der Waals surface area (Å²) in [6, 6.07) is 0. The lowest BCUT2D eigenvalue weighted by Crippen LogP contribution is -2.14. The predicted molar refractivity (Wildman–Crippen MR) is 60.3 cm³/mol. The number of rotatable bonds is 3. The molecule has 3 aliphatic rings. The second kappa shape index (κ2) is 2.96. The molecule has 4 atom stereocenters. The normalized spacial score (nSPS) is 45.7. The lowest BCUT2D eigenvalue weighted by atomic mass is 9.92. The minimum Gasteiger partial charge on any atom is -0.294 e. The third-order valence-electron chi connectivity index (χ3n) is 5.05. The van der Waals surface area contributed by atoms with Crippen LogP contribution in [0.1, 0.15) is 33.1 Å². The van der Waals surface area contributed by atoms with Gasteiger partial charge in [-0.1, -0.05) is 20.4 Å². The molecule has 0 N–H and O–H groups in total. The summed E-state index contributed by atoms with van der Waals surface area (Å²) >= 11 is 0. The Morgan fingerprint density at radius 2 is 1.73 bits per heavy atom. The molecule has 0 aromatic heterocycles. The molecule has 2 bridgehead atoms. The minimum absolute atomic E-state index is 0.330. The van der Waals surface area contributed by atoms with Crippen molar-refractivity contribution in [2.24, 2.45) is 35.5 Å². The zero-order valence-corrected chi connectivity index (χ0v) is 9.70. The van der Waals surface area contributed by atoms with Gasteiger partial charge in [0.2, 0.25) is 0 Å². The second-order valence-corrected chi connectivity index (χ2v) is 6.06. The molecule has 0 saturated heterocycles. The monoisotopic (exact) mass is 204 g/mol. The average Bonchev–Trinajstić information content (AvgIpc) is 2.64. The van der Waals surface area contributed by atoms with Crippen molar-refractivity contribution in [1.29, 1.82) is 0 Å². The van der Waals surface area contributed by atoms with Crippen molar-refractivity contribution in [2.75, 3.05) is 0 Å². The number of fused-ring (bicyclic) bond motifs is 5. The van der Waals surface area contributed by atoms with Crippen LogP contribution in [-0.2, 0) is 4.79 Å². The molecule has 1 nitrogen and oxygen atoms in total. The maximum absolute atomic E-state index is 12.2. The largest absolute Gasteiger partial charge is 0.294 e. The molecule has 0 aliphatic heterocycles. The van der Waals surface area contributed by atoms with Gasteiger partial charge in [-0.25, -0.2) is 0 Å². The number of carbonyl (C=O) groups is 1.